The summed E-state index contributed by atoms with van der Waals surface area (Å²) in [5.41, 5.74) is 5.99. The van der Waals surface area contributed by atoms with E-state index in [-0.39, 0.29) is 5.92 Å². The first-order valence-corrected chi connectivity index (χ1v) is 10.3. The molecule has 3 aromatic carbocycles. The Balaban J connectivity index is 2.12. The molecule has 0 bridgehead atoms. The highest BCUT2D eigenvalue weighted by atomic mass is 127. The first kappa shape index (κ1) is 20.0. The molecular formula is C23H24ClIN2. The zero-order chi connectivity index (χ0) is 19.6. The van der Waals surface area contributed by atoms with Crippen LogP contribution in [-0.2, 0) is 0 Å². The normalized spacial score (nSPS) is 10.9. The Hall–Kier alpha value is -1.72. The third-order valence-electron chi connectivity index (χ3n) is 4.75. The summed E-state index contributed by atoms with van der Waals surface area (Å²) in [7, 11) is 8.23. The summed E-state index contributed by atoms with van der Waals surface area (Å²) in [6.45, 7) is 0. The number of rotatable bonds is 5. The molecule has 3 aromatic rings. The van der Waals surface area contributed by atoms with E-state index in [0.29, 0.717) is 0 Å². The molecule has 27 heavy (non-hydrogen) atoms. The van der Waals surface area contributed by atoms with Gasteiger partial charge in [-0.3, -0.25) is 0 Å². The van der Waals surface area contributed by atoms with Gasteiger partial charge in [-0.05, 0) is 81.7 Å². The lowest BCUT2D eigenvalue weighted by atomic mass is 9.85. The molecule has 0 aliphatic rings. The minimum absolute atomic E-state index is 0.0969. The van der Waals surface area contributed by atoms with Crippen molar-refractivity contribution in [1.82, 2.24) is 0 Å². The number of halogens is 2. The van der Waals surface area contributed by atoms with Gasteiger partial charge in [0.2, 0.25) is 0 Å². The van der Waals surface area contributed by atoms with Crippen LogP contribution in [0, 0.1) is 3.57 Å². The molecule has 0 N–H and O–H groups in total. The molecule has 0 aliphatic carbocycles. The summed E-state index contributed by atoms with van der Waals surface area (Å²) in [5, 5.41) is 0.800. The Kier molecular flexibility index (Phi) is 6.33. The van der Waals surface area contributed by atoms with Crippen LogP contribution in [0.3, 0.4) is 0 Å². The molecular weight excluding hydrogens is 467 g/mol. The van der Waals surface area contributed by atoms with Crippen molar-refractivity contribution in [2.75, 3.05) is 38.0 Å². The van der Waals surface area contributed by atoms with Crippen LogP contribution in [0.5, 0.6) is 0 Å². The molecule has 140 valence electrons. The van der Waals surface area contributed by atoms with Gasteiger partial charge in [-0.15, -0.1) is 0 Å². The zero-order valence-electron chi connectivity index (χ0n) is 16.1. The quantitative estimate of drug-likeness (QED) is 0.308. The molecule has 0 aromatic heterocycles. The van der Waals surface area contributed by atoms with E-state index in [1.807, 2.05) is 12.1 Å². The maximum atomic E-state index is 6.63. The van der Waals surface area contributed by atoms with E-state index in [4.69, 9.17) is 11.6 Å². The van der Waals surface area contributed by atoms with Crippen LogP contribution >= 0.6 is 34.2 Å². The zero-order valence-corrected chi connectivity index (χ0v) is 19.0. The monoisotopic (exact) mass is 490 g/mol. The number of anilines is 2. The summed E-state index contributed by atoms with van der Waals surface area (Å²) in [5.74, 6) is 0.0969. The molecule has 0 fully saturated rings. The molecule has 3 rings (SSSR count). The van der Waals surface area contributed by atoms with Crippen LogP contribution in [0.1, 0.15) is 22.6 Å². The number of hydrogen-bond acceptors (Lipinski definition) is 2. The van der Waals surface area contributed by atoms with E-state index in [1.165, 1.54) is 26.1 Å². The largest absolute Gasteiger partial charge is 0.378 e. The van der Waals surface area contributed by atoms with E-state index in [9.17, 15) is 0 Å². The minimum atomic E-state index is 0.0969. The Morgan fingerprint density at radius 3 is 1.56 bits per heavy atom. The summed E-state index contributed by atoms with van der Waals surface area (Å²) in [6, 6.07) is 23.7. The van der Waals surface area contributed by atoms with Crippen molar-refractivity contribution in [3.05, 3.63) is 92.0 Å². The first-order valence-electron chi connectivity index (χ1n) is 8.86. The Morgan fingerprint density at radius 1 is 0.704 bits per heavy atom. The SMILES string of the molecule is CN(C)c1ccc(C(c2ccc(N(C)C)cc2)c2cc(I)ccc2Cl)cc1. The van der Waals surface area contributed by atoms with E-state index in [0.717, 1.165) is 10.6 Å². The minimum Gasteiger partial charge on any atom is -0.378 e. The topological polar surface area (TPSA) is 6.48 Å². The summed E-state index contributed by atoms with van der Waals surface area (Å²) in [6.07, 6.45) is 0. The molecule has 0 aliphatic heterocycles. The molecule has 0 atom stereocenters. The second-order valence-corrected chi connectivity index (χ2v) is 8.72. The van der Waals surface area contributed by atoms with Gasteiger partial charge in [0.25, 0.3) is 0 Å². The van der Waals surface area contributed by atoms with E-state index in [2.05, 4.69) is 115 Å². The van der Waals surface area contributed by atoms with Crippen molar-refractivity contribution in [3.63, 3.8) is 0 Å². The highest BCUT2D eigenvalue weighted by molar-refractivity contribution is 14.1. The fourth-order valence-corrected chi connectivity index (χ4v) is 3.96. The lowest BCUT2D eigenvalue weighted by molar-refractivity contribution is 0.972. The lowest BCUT2D eigenvalue weighted by Gasteiger charge is -2.22. The number of benzene rings is 3. The fraction of sp³-hybridized carbons (Fsp3) is 0.217. The Morgan fingerprint density at radius 2 is 1.15 bits per heavy atom. The van der Waals surface area contributed by atoms with E-state index in [1.54, 1.807) is 0 Å². The molecule has 0 saturated heterocycles. The van der Waals surface area contributed by atoms with Crippen molar-refractivity contribution in [2.45, 2.75) is 5.92 Å². The molecule has 0 unspecified atom stereocenters. The average molecular weight is 491 g/mol. The van der Waals surface area contributed by atoms with Gasteiger partial charge >= 0.3 is 0 Å². The Bertz CT molecular complexity index is 851. The van der Waals surface area contributed by atoms with Crippen LogP contribution in [0.4, 0.5) is 11.4 Å². The van der Waals surface area contributed by atoms with Crippen molar-refractivity contribution in [2.24, 2.45) is 0 Å². The summed E-state index contributed by atoms with van der Waals surface area (Å²) >= 11 is 8.98. The van der Waals surface area contributed by atoms with Crippen molar-refractivity contribution in [1.29, 1.82) is 0 Å². The van der Waals surface area contributed by atoms with Gasteiger partial charge in [0, 0.05) is 54.1 Å². The average Bonchev–Trinajstić information content (AvgIpc) is 2.65. The second kappa shape index (κ2) is 8.53. The molecule has 0 amide bonds. The maximum absolute atomic E-state index is 6.63. The summed E-state index contributed by atoms with van der Waals surface area (Å²) in [4.78, 5) is 4.23. The lowest BCUT2D eigenvalue weighted by Crippen LogP contribution is -2.10. The third kappa shape index (κ3) is 4.58. The van der Waals surface area contributed by atoms with Gasteiger partial charge in [0.1, 0.15) is 0 Å². The van der Waals surface area contributed by atoms with E-state index >= 15 is 0 Å². The Labute approximate surface area is 180 Å². The predicted molar refractivity (Wildman–Crippen MR) is 127 cm³/mol. The van der Waals surface area contributed by atoms with Crippen molar-refractivity contribution < 1.29 is 0 Å². The van der Waals surface area contributed by atoms with Gasteiger partial charge in [-0.1, -0.05) is 35.9 Å². The van der Waals surface area contributed by atoms with Crippen LogP contribution in [-0.4, -0.2) is 28.2 Å². The standard InChI is InChI=1S/C23H24ClIN2/c1-26(2)19-10-5-16(6-11-19)23(21-15-18(25)9-14-22(21)24)17-7-12-20(13-8-17)27(3)4/h5-15,23H,1-4H3. The van der Waals surface area contributed by atoms with Gasteiger partial charge in [-0.25, -0.2) is 0 Å². The van der Waals surface area contributed by atoms with Crippen LogP contribution < -0.4 is 9.80 Å². The molecule has 4 heteroatoms. The molecule has 2 nitrogen and oxygen atoms in total. The smallest absolute Gasteiger partial charge is 0.0448 e. The second-order valence-electron chi connectivity index (χ2n) is 7.07. The van der Waals surface area contributed by atoms with Gasteiger partial charge in [-0.2, -0.15) is 0 Å². The van der Waals surface area contributed by atoms with Crippen LogP contribution in [0.25, 0.3) is 0 Å². The van der Waals surface area contributed by atoms with Gasteiger partial charge in [0.15, 0.2) is 0 Å². The van der Waals surface area contributed by atoms with Gasteiger partial charge in [0.05, 0.1) is 0 Å². The molecule has 0 heterocycles. The highest BCUT2D eigenvalue weighted by Crippen LogP contribution is 2.37. The maximum Gasteiger partial charge on any atom is 0.0448 e. The van der Waals surface area contributed by atoms with Gasteiger partial charge < -0.3 is 9.80 Å². The third-order valence-corrected chi connectivity index (χ3v) is 5.77. The molecule has 0 spiro atoms. The number of nitrogens with zero attached hydrogens (tertiary/aromatic N) is 2. The van der Waals surface area contributed by atoms with Crippen LogP contribution in [0.2, 0.25) is 5.02 Å². The predicted octanol–water partition coefficient (Wildman–Crippen LogP) is 6.26. The molecule has 0 saturated carbocycles. The molecule has 0 radical (unpaired) electrons. The highest BCUT2D eigenvalue weighted by Gasteiger charge is 2.20. The van der Waals surface area contributed by atoms with E-state index < -0.39 is 0 Å². The summed E-state index contributed by atoms with van der Waals surface area (Å²) < 4.78 is 1.19. The fourth-order valence-electron chi connectivity index (χ4n) is 3.22. The van der Waals surface area contributed by atoms with Crippen molar-refractivity contribution in [3.8, 4) is 0 Å². The van der Waals surface area contributed by atoms with Crippen LogP contribution in [0.15, 0.2) is 66.7 Å². The number of hydrogen-bond donors (Lipinski definition) is 0. The first-order chi connectivity index (χ1) is 12.9. The van der Waals surface area contributed by atoms with Crippen molar-refractivity contribution >= 4 is 45.6 Å².